The van der Waals surface area contributed by atoms with Crippen molar-refractivity contribution in [3.05, 3.63) is 24.3 Å². The molecule has 7 heteroatoms. The van der Waals surface area contributed by atoms with Crippen molar-refractivity contribution >= 4 is 11.6 Å². The molecule has 0 heterocycles. The average Bonchev–Trinajstić information content (AvgIpc) is 2.43. The van der Waals surface area contributed by atoms with E-state index in [9.17, 15) is 18.0 Å². The molecule has 0 aromatic heterocycles. The lowest BCUT2D eigenvalue weighted by atomic mass is 10.0. The van der Waals surface area contributed by atoms with Crippen LogP contribution >= 0.6 is 0 Å². The van der Waals surface area contributed by atoms with Crippen molar-refractivity contribution < 1.29 is 22.7 Å². The van der Waals surface area contributed by atoms with E-state index >= 15 is 0 Å². The van der Waals surface area contributed by atoms with Crippen molar-refractivity contribution in [1.82, 2.24) is 0 Å². The summed E-state index contributed by atoms with van der Waals surface area (Å²) >= 11 is 0. The highest BCUT2D eigenvalue weighted by Crippen LogP contribution is 2.20. The summed E-state index contributed by atoms with van der Waals surface area (Å²) < 4.78 is 40.5. The maximum absolute atomic E-state index is 12.0. The molecule has 1 atom stereocenters. The fraction of sp³-hybridized carbons (Fsp3) is 0.500. The van der Waals surface area contributed by atoms with Crippen molar-refractivity contribution in [2.45, 2.75) is 25.9 Å². The number of ether oxygens (including phenoxy) is 1. The highest BCUT2D eigenvalue weighted by atomic mass is 19.4. The van der Waals surface area contributed by atoms with Crippen LogP contribution in [0.25, 0.3) is 0 Å². The molecule has 1 aromatic rings. The number of carbonyl (C=O) groups is 1. The minimum Gasteiger partial charge on any atom is -0.484 e. The Hall–Kier alpha value is -1.76. The van der Waals surface area contributed by atoms with Gasteiger partial charge in [0.2, 0.25) is 5.91 Å². The fourth-order valence-corrected chi connectivity index (χ4v) is 1.67. The molecule has 0 spiro atoms. The van der Waals surface area contributed by atoms with E-state index in [-0.39, 0.29) is 17.6 Å². The summed E-state index contributed by atoms with van der Waals surface area (Å²) in [6, 6.07) is 5.74. The van der Waals surface area contributed by atoms with Gasteiger partial charge in [0, 0.05) is 12.1 Å². The van der Waals surface area contributed by atoms with Gasteiger partial charge in [0.05, 0.1) is 0 Å². The first-order valence-electron chi connectivity index (χ1n) is 6.63. The molecule has 0 fully saturated rings. The first-order valence-corrected chi connectivity index (χ1v) is 6.63. The number of carbonyl (C=O) groups excluding carboxylic acids is 1. The largest absolute Gasteiger partial charge is 0.484 e. The minimum atomic E-state index is -4.37. The second-order valence-corrected chi connectivity index (χ2v) is 4.69. The van der Waals surface area contributed by atoms with Gasteiger partial charge in [0.1, 0.15) is 5.75 Å². The summed E-state index contributed by atoms with van der Waals surface area (Å²) in [5, 5.41) is 2.67. The molecule has 1 unspecified atom stereocenters. The van der Waals surface area contributed by atoms with E-state index in [4.69, 9.17) is 5.73 Å². The average molecular weight is 304 g/mol. The van der Waals surface area contributed by atoms with Crippen LogP contribution in [0.4, 0.5) is 18.9 Å². The monoisotopic (exact) mass is 304 g/mol. The van der Waals surface area contributed by atoms with Gasteiger partial charge < -0.3 is 15.8 Å². The molecule has 0 bridgehead atoms. The van der Waals surface area contributed by atoms with E-state index < -0.39 is 12.8 Å². The van der Waals surface area contributed by atoms with Crippen LogP contribution in [0.2, 0.25) is 0 Å². The van der Waals surface area contributed by atoms with Crippen LogP contribution in [-0.2, 0) is 4.79 Å². The number of anilines is 1. The van der Waals surface area contributed by atoms with Crippen molar-refractivity contribution in [3.8, 4) is 5.75 Å². The molecule has 1 rings (SSSR count). The zero-order chi connectivity index (χ0) is 15.9. The lowest BCUT2D eigenvalue weighted by Crippen LogP contribution is -2.21. The number of halogens is 3. The van der Waals surface area contributed by atoms with Crippen molar-refractivity contribution in [2.24, 2.45) is 11.7 Å². The van der Waals surface area contributed by atoms with Crippen LogP contribution in [0, 0.1) is 5.92 Å². The summed E-state index contributed by atoms with van der Waals surface area (Å²) in [7, 11) is 0. The van der Waals surface area contributed by atoms with E-state index in [2.05, 4.69) is 10.1 Å². The Morgan fingerprint density at radius 2 is 1.95 bits per heavy atom. The number of benzene rings is 1. The number of nitrogens with two attached hydrogens (primary N) is 1. The summed E-state index contributed by atoms with van der Waals surface area (Å²) in [6.45, 7) is 1.05. The van der Waals surface area contributed by atoms with Crippen molar-refractivity contribution in [3.63, 3.8) is 0 Å². The second kappa shape index (κ2) is 7.87. The van der Waals surface area contributed by atoms with Gasteiger partial charge in [0.25, 0.3) is 0 Å². The summed E-state index contributed by atoms with van der Waals surface area (Å²) in [5.41, 5.74) is 6.03. The van der Waals surface area contributed by atoms with Crippen LogP contribution in [0.15, 0.2) is 24.3 Å². The normalized spacial score (nSPS) is 12.8. The molecule has 0 saturated carbocycles. The third kappa shape index (κ3) is 6.99. The quantitative estimate of drug-likeness (QED) is 0.814. The third-order valence-electron chi connectivity index (χ3n) is 2.93. The summed E-state index contributed by atoms with van der Waals surface area (Å²) in [5.74, 6) is 0.0503. The molecule has 0 radical (unpaired) electrons. The lowest BCUT2D eigenvalue weighted by Gasteiger charge is -2.12. The molecule has 0 aliphatic heterocycles. The molecule has 0 aliphatic rings. The minimum absolute atomic E-state index is 0.0960. The Kier molecular flexibility index (Phi) is 6.48. The Balaban J connectivity index is 2.49. The number of hydrogen-bond acceptors (Lipinski definition) is 3. The highest BCUT2D eigenvalue weighted by molar-refractivity contribution is 5.90. The van der Waals surface area contributed by atoms with E-state index in [1.807, 2.05) is 6.92 Å². The summed E-state index contributed by atoms with van der Waals surface area (Å²) in [6.07, 6.45) is -3.24. The van der Waals surface area contributed by atoms with Gasteiger partial charge in [-0.1, -0.05) is 13.3 Å². The number of amides is 1. The van der Waals surface area contributed by atoms with Crippen LogP contribution in [0.5, 0.6) is 5.75 Å². The molecule has 1 aromatic carbocycles. The molecule has 0 aliphatic carbocycles. The van der Waals surface area contributed by atoms with Crippen LogP contribution in [-0.4, -0.2) is 25.2 Å². The standard InChI is InChI=1S/C14H19F3N2O2/c1-2-10(8-18)7-13(20)19-11-3-5-12(6-4-11)21-9-14(15,16)17/h3-6,10H,2,7-9,18H2,1H3,(H,19,20). The van der Waals surface area contributed by atoms with E-state index in [1.165, 1.54) is 24.3 Å². The zero-order valence-electron chi connectivity index (χ0n) is 11.7. The SMILES string of the molecule is CCC(CN)CC(=O)Nc1ccc(OCC(F)(F)F)cc1. The molecular weight excluding hydrogens is 285 g/mol. The Morgan fingerprint density at radius 3 is 2.43 bits per heavy atom. The lowest BCUT2D eigenvalue weighted by molar-refractivity contribution is -0.153. The Labute approximate surface area is 121 Å². The first kappa shape index (κ1) is 17.3. The molecule has 1 amide bonds. The smallest absolute Gasteiger partial charge is 0.422 e. The van der Waals surface area contributed by atoms with E-state index in [0.717, 1.165) is 6.42 Å². The first-order chi connectivity index (χ1) is 9.84. The third-order valence-corrected chi connectivity index (χ3v) is 2.93. The maximum Gasteiger partial charge on any atom is 0.422 e. The predicted molar refractivity (Wildman–Crippen MR) is 74.1 cm³/mol. The Morgan fingerprint density at radius 1 is 1.33 bits per heavy atom. The second-order valence-electron chi connectivity index (χ2n) is 4.69. The molecule has 0 saturated heterocycles. The van der Waals surface area contributed by atoms with E-state index in [1.54, 1.807) is 0 Å². The molecule has 21 heavy (non-hydrogen) atoms. The molecular formula is C14H19F3N2O2. The van der Waals surface area contributed by atoms with Gasteiger partial charge in [-0.3, -0.25) is 4.79 Å². The van der Waals surface area contributed by atoms with Crippen molar-refractivity contribution in [1.29, 1.82) is 0 Å². The number of hydrogen-bond donors (Lipinski definition) is 2. The summed E-state index contributed by atoms with van der Waals surface area (Å²) in [4.78, 5) is 11.7. The molecule has 3 N–H and O–H groups in total. The molecule has 118 valence electrons. The Bertz CT molecular complexity index is 443. The fourth-order valence-electron chi connectivity index (χ4n) is 1.67. The van der Waals surface area contributed by atoms with Crippen LogP contribution < -0.4 is 15.8 Å². The highest BCUT2D eigenvalue weighted by Gasteiger charge is 2.28. The van der Waals surface area contributed by atoms with Gasteiger partial charge in [0.15, 0.2) is 6.61 Å². The van der Waals surface area contributed by atoms with Gasteiger partial charge in [-0.15, -0.1) is 0 Å². The van der Waals surface area contributed by atoms with E-state index in [0.29, 0.717) is 18.7 Å². The van der Waals surface area contributed by atoms with Crippen LogP contribution in [0.1, 0.15) is 19.8 Å². The van der Waals surface area contributed by atoms with Crippen LogP contribution in [0.3, 0.4) is 0 Å². The van der Waals surface area contributed by atoms with Gasteiger partial charge in [-0.25, -0.2) is 0 Å². The number of nitrogens with one attached hydrogen (secondary N) is 1. The predicted octanol–water partition coefficient (Wildman–Crippen LogP) is 2.94. The number of alkyl halides is 3. The van der Waals surface area contributed by atoms with Crippen molar-refractivity contribution in [2.75, 3.05) is 18.5 Å². The number of rotatable bonds is 7. The van der Waals surface area contributed by atoms with Gasteiger partial charge in [-0.2, -0.15) is 13.2 Å². The maximum atomic E-state index is 12.0. The van der Waals surface area contributed by atoms with Gasteiger partial charge in [-0.05, 0) is 36.7 Å². The molecule has 4 nitrogen and oxygen atoms in total. The topological polar surface area (TPSA) is 64.4 Å². The van der Waals surface area contributed by atoms with Gasteiger partial charge >= 0.3 is 6.18 Å². The zero-order valence-corrected chi connectivity index (χ0v) is 11.7.